The van der Waals surface area contributed by atoms with Gasteiger partial charge in [-0.1, -0.05) is 11.3 Å². The minimum atomic E-state index is -0.606. The number of aromatic nitrogens is 4. The summed E-state index contributed by atoms with van der Waals surface area (Å²) in [6, 6.07) is 5.28. The van der Waals surface area contributed by atoms with Crippen molar-refractivity contribution >= 4 is 40.0 Å². The highest BCUT2D eigenvalue weighted by molar-refractivity contribution is 7.18. The molecule has 1 aliphatic heterocycles. The van der Waals surface area contributed by atoms with Crippen LogP contribution < -0.4 is 10.2 Å². The van der Waals surface area contributed by atoms with E-state index in [-0.39, 0.29) is 11.7 Å². The van der Waals surface area contributed by atoms with E-state index in [1.165, 1.54) is 4.90 Å². The van der Waals surface area contributed by atoms with Gasteiger partial charge in [0.1, 0.15) is 23.1 Å². The number of carbonyl (C=O) groups excluding carboxylic acids is 2. The molecule has 1 saturated heterocycles. The third-order valence-electron chi connectivity index (χ3n) is 6.36. The number of pyridine rings is 1. The lowest BCUT2D eigenvalue weighted by Gasteiger charge is -2.28. The molecule has 10 nitrogen and oxygen atoms in total. The number of nitrogens with one attached hydrogen (secondary N) is 1. The Kier molecular flexibility index (Phi) is 8.25. The van der Waals surface area contributed by atoms with Gasteiger partial charge in [0, 0.05) is 51.2 Å². The lowest BCUT2D eigenvalue weighted by atomic mass is 9.98. The van der Waals surface area contributed by atoms with E-state index in [1.54, 1.807) is 37.7 Å². The maximum Gasteiger partial charge on any atom is 0.410 e. The number of ether oxygens (including phenoxy) is 1. The molecule has 0 aromatic carbocycles. The van der Waals surface area contributed by atoms with Crippen LogP contribution in [0.4, 0.5) is 21.6 Å². The Balaban J connectivity index is 1.36. The predicted octanol–water partition coefficient (Wildman–Crippen LogP) is 5.09. The summed E-state index contributed by atoms with van der Waals surface area (Å²) in [4.78, 5) is 47.7. The number of nitrogens with zero attached hydrogens (tertiary/aromatic N) is 6. The summed E-state index contributed by atoms with van der Waals surface area (Å²) < 4.78 is 5.40. The lowest BCUT2D eigenvalue weighted by Crippen LogP contribution is -2.43. The van der Waals surface area contributed by atoms with Gasteiger partial charge in [0.25, 0.3) is 0 Å². The molecule has 1 fully saturated rings. The first-order valence-corrected chi connectivity index (χ1v) is 13.5. The van der Waals surface area contributed by atoms with Crippen molar-refractivity contribution in [1.82, 2.24) is 24.8 Å². The highest BCUT2D eigenvalue weighted by Crippen LogP contribution is 2.31. The molecule has 3 aromatic rings. The van der Waals surface area contributed by atoms with Gasteiger partial charge in [0.15, 0.2) is 10.9 Å². The molecule has 38 heavy (non-hydrogen) atoms. The van der Waals surface area contributed by atoms with Gasteiger partial charge in [-0.3, -0.25) is 9.78 Å². The monoisotopic (exact) mass is 537 g/mol. The second-order valence-corrected chi connectivity index (χ2v) is 11.6. The quantitative estimate of drug-likeness (QED) is 0.420. The first-order chi connectivity index (χ1) is 18.0. The van der Waals surface area contributed by atoms with Crippen molar-refractivity contribution in [3.63, 3.8) is 0 Å². The summed E-state index contributed by atoms with van der Waals surface area (Å²) in [6.07, 6.45) is 6.15. The molecule has 0 saturated carbocycles. The zero-order chi connectivity index (χ0) is 27.4. The minimum Gasteiger partial charge on any atom is -0.444 e. The number of hydrogen-bond acceptors (Lipinski definition) is 10. The smallest absolute Gasteiger partial charge is 0.410 e. The van der Waals surface area contributed by atoms with E-state index in [9.17, 15) is 9.59 Å². The molecular formula is C27H35N7O3S. The lowest BCUT2D eigenvalue weighted by molar-refractivity contribution is -0.124. The standard InChI is InChI=1S/C27H35N7O3S/c1-17(33(6)26(36)37-27(3,4)5)21(35)13-19-9-12-34(16-19)24-14-23(30-18(2)31-24)32-25-29-15-22(38-25)20-7-10-28-11-8-20/h7-8,10-11,14-15,17,19H,9,12-13,16H2,1-6H3,(H,29,30,31,32)/t17-,19+/m0/s1. The number of carbonyl (C=O) groups is 2. The van der Waals surface area contributed by atoms with E-state index in [4.69, 9.17) is 4.74 Å². The summed E-state index contributed by atoms with van der Waals surface area (Å²) in [5.41, 5.74) is 0.458. The molecular weight excluding hydrogens is 502 g/mol. The topological polar surface area (TPSA) is 113 Å². The normalized spacial score (nSPS) is 16.3. The molecule has 202 valence electrons. The van der Waals surface area contributed by atoms with Crippen molar-refractivity contribution in [2.75, 3.05) is 30.4 Å². The van der Waals surface area contributed by atoms with Crippen molar-refractivity contribution in [1.29, 1.82) is 0 Å². The SMILES string of the molecule is Cc1nc(Nc2ncc(-c3ccncc3)s2)cc(N2CC[C@H](CC(=O)[C@H](C)N(C)C(=O)OC(C)(C)C)C2)n1. The van der Waals surface area contributed by atoms with Crippen molar-refractivity contribution in [2.24, 2.45) is 5.92 Å². The third-order valence-corrected chi connectivity index (χ3v) is 7.32. The van der Waals surface area contributed by atoms with Crippen LogP contribution in [-0.2, 0) is 9.53 Å². The molecule has 2 atom stereocenters. The van der Waals surface area contributed by atoms with Gasteiger partial charge in [0.2, 0.25) is 0 Å². The van der Waals surface area contributed by atoms with E-state index in [0.29, 0.717) is 24.6 Å². The molecule has 1 amide bonds. The fraction of sp³-hybridized carbons (Fsp3) is 0.481. The van der Waals surface area contributed by atoms with Crippen LogP contribution in [0.2, 0.25) is 0 Å². The number of anilines is 3. The molecule has 0 radical (unpaired) electrons. The highest BCUT2D eigenvalue weighted by atomic mass is 32.1. The Labute approximate surface area is 227 Å². The largest absolute Gasteiger partial charge is 0.444 e. The fourth-order valence-corrected chi connectivity index (χ4v) is 5.07. The van der Waals surface area contributed by atoms with Crippen LogP contribution in [0.1, 0.15) is 46.4 Å². The summed E-state index contributed by atoms with van der Waals surface area (Å²) in [6.45, 7) is 10.6. The van der Waals surface area contributed by atoms with Crippen molar-refractivity contribution < 1.29 is 14.3 Å². The third kappa shape index (κ3) is 7.03. The summed E-state index contributed by atoms with van der Waals surface area (Å²) in [7, 11) is 1.61. The van der Waals surface area contributed by atoms with Crippen molar-refractivity contribution in [2.45, 2.75) is 59.1 Å². The van der Waals surface area contributed by atoms with Crippen molar-refractivity contribution in [3.8, 4) is 10.4 Å². The summed E-state index contributed by atoms with van der Waals surface area (Å²) >= 11 is 1.54. The number of hydrogen-bond donors (Lipinski definition) is 1. The van der Waals surface area contributed by atoms with E-state index >= 15 is 0 Å². The molecule has 3 aromatic heterocycles. The molecule has 0 unspecified atom stereocenters. The number of amides is 1. The van der Waals surface area contributed by atoms with Crippen LogP contribution >= 0.6 is 11.3 Å². The van der Waals surface area contributed by atoms with E-state index in [0.717, 1.165) is 34.4 Å². The molecule has 4 rings (SSSR count). The summed E-state index contributed by atoms with van der Waals surface area (Å²) in [5.74, 6) is 2.36. The van der Waals surface area contributed by atoms with Crippen molar-refractivity contribution in [3.05, 3.63) is 42.6 Å². The fourth-order valence-electron chi connectivity index (χ4n) is 4.24. The second-order valence-electron chi connectivity index (χ2n) is 10.6. The van der Waals surface area contributed by atoms with Gasteiger partial charge in [-0.2, -0.15) is 0 Å². The van der Waals surface area contributed by atoms with Crippen LogP contribution in [0.25, 0.3) is 10.4 Å². The highest BCUT2D eigenvalue weighted by Gasteiger charge is 2.31. The molecule has 1 aliphatic rings. The van der Waals surface area contributed by atoms with Gasteiger partial charge in [-0.05, 0) is 64.7 Å². The Bertz CT molecular complexity index is 1280. The van der Waals surface area contributed by atoms with Gasteiger partial charge in [-0.25, -0.2) is 19.7 Å². The second kappa shape index (κ2) is 11.4. The maximum atomic E-state index is 13.0. The van der Waals surface area contributed by atoms with Crippen LogP contribution in [0, 0.1) is 12.8 Å². The number of rotatable bonds is 8. The predicted molar refractivity (Wildman–Crippen MR) is 149 cm³/mol. The van der Waals surface area contributed by atoms with Gasteiger partial charge in [0.05, 0.1) is 10.9 Å². The average molecular weight is 538 g/mol. The number of Topliss-reactive ketones (excluding diaryl/α,β-unsaturated/α-hetero) is 1. The number of likely N-dealkylation sites (N-methyl/N-ethyl adjacent to an activating group) is 1. The summed E-state index contributed by atoms with van der Waals surface area (Å²) in [5, 5.41) is 4.05. The number of aryl methyl sites for hydroxylation is 1. The number of thiazole rings is 1. The Morgan fingerprint density at radius 2 is 2.00 bits per heavy atom. The van der Waals surface area contributed by atoms with Crippen LogP contribution in [-0.4, -0.2) is 68.5 Å². The van der Waals surface area contributed by atoms with E-state index in [1.807, 2.05) is 52.1 Å². The van der Waals surface area contributed by atoms with Gasteiger partial charge in [-0.15, -0.1) is 0 Å². The Morgan fingerprint density at radius 1 is 1.26 bits per heavy atom. The van der Waals surface area contributed by atoms with Gasteiger partial charge >= 0.3 is 6.09 Å². The van der Waals surface area contributed by atoms with Crippen LogP contribution in [0.3, 0.4) is 0 Å². The van der Waals surface area contributed by atoms with Crippen LogP contribution in [0.5, 0.6) is 0 Å². The first-order valence-electron chi connectivity index (χ1n) is 12.7. The minimum absolute atomic E-state index is 0.0280. The number of ketones is 1. The van der Waals surface area contributed by atoms with E-state index < -0.39 is 17.7 Å². The van der Waals surface area contributed by atoms with Crippen LogP contribution in [0.15, 0.2) is 36.8 Å². The first kappa shape index (κ1) is 27.4. The zero-order valence-electron chi connectivity index (χ0n) is 22.8. The molecule has 0 aliphatic carbocycles. The molecule has 0 spiro atoms. The van der Waals surface area contributed by atoms with E-state index in [2.05, 4.69) is 30.2 Å². The Hall–Kier alpha value is -3.60. The molecule has 11 heteroatoms. The maximum absolute atomic E-state index is 13.0. The molecule has 1 N–H and O–H groups in total. The zero-order valence-corrected chi connectivity index (χ0v) is 23.6. The average Bonchev–Trinajstić information content (AvgIpc) is 3.52. The van der Waals surface area contributed by atoms with Gasteiger partial charge < -0.3 is 19.9 Å². The molecule has 0 bridgehead atoms. The Morgan fingerprint density at radius 3 is 2.71 bits per heavy atom. The molecule has 4 heterocycles.